The Morgan fingerprint density at radius 2 is 2.07 bits per heavy atom. The van der Waals surface area contributed by atoms with E-state index in [0.717, 1.165) is 16.0 Å². The third-order valence-electron chi connectivity index (χ3n) is 4.40. The molecule has 152 valence electrons. The molecule has 0 saturated carbocycles. The average molecular weight is 437 g/mol. The summed E-state index contributed by atoms with van der Waals surface area (Å²) in [6.45, 7) is 2.48. The van der Waals surface area contributed by atoms with E-state index in [-0.39, 0.29) is 0 Å². The summed E-state index contributed by atoms with van der Waals surface area (Å²) in [5.41, 5.74) is 3.05. The van der Waals surface area contributed by atoms with Crippen molar-refractivity contribution >= 4 is 29.8 Å². The summed E-state index contributed by atoms with van der Waals surface area (Å²) in [4.78, 5) is 0.973. The molecule has 0 bridgehead atoms. The molecule has 0 aliphatic rings. The van der Waals surface area contributed by atoms with Gasteiger partial charge in [0.15, 0.2) is 17.3 Å². The Labute approximate surface area is 183 Å². The second-order valence-electron chi connectivity index (χ2n) is 6.54. The number of aryl methyl sites for hydroxylation is 1. The summed E-state index contributed by atoms with van der Waals surface area (Å²) >= 11 is 6.92. The van der Waals surface area contributed by atoms with Crippen LogP contribution in [-0.4, -0.2) is 28.2 Å². The zero-order chi connectivity index (χ0) is 20.9. The van der Waals surface area contributed by atoms with Crippen LogP contribution in [0.25, 0.3) is 10.7 Å². The number of aromatic nitrogens is 3. The Bertz CT molecular complexity index is 1230. The van der Waals surface area contributed by atoms with Crippen LogP contribution in [0.15, 0.2) is 65.1 Å². The predicted molar refractivity (Wildman–Crippen MR) is 122 cm³/mol. The van der Waals surface area contributed by atoms with E-state index in [1.807, 2.05) is 47.8 Å². The first kappa shape index (κ1) is 20.1. The predicted octanol–water partition coefficient (Wildman–Crippen LogP) is 5.45. The Kier molecular flexibility index (Phi) is 6.06. The second-order valence-corrected chi connectivity index (χ2v) is 7.88. The Hall–Kier alpha value is -3.23. The van der Waals surface area contributed by atoms with Gasteiger partial charge in [-0.3, -0.25) is 0 Å². The number of benzene rings is 2. The van der Waals surface area contributed by atoms with Crippen molar-refractivity contribution in [1.82, 2.24) is 14.9 Å². The number of para-hydroxylation sites is 1. The number of nitrogens with zero attached hydrogens (tertiary/aromatic N) is 3. The Morgan fingerprint density at radius 1 is 1.20 bits per heavy atom. The van der Waals surface area contributed by atoms with Crippen molar-refractivity contribution in [1.29, 1.82) is 0 Å². The topological polar surface area (TPSA) is 64.4 Å². The van der Waals surface area contributed by atoms with E-state index in [4.69, 9.17) is 21.7 Å². The smallest absolute Gasteiger partial charge is 0.216 e. The fourth-order valence-corrected chi connectivity index (χ4v) is 3.87. The number of hydrogen-bond acceptors (Lipinski definition) is 6. The molecule has 0 atom stereocenters. The normalized spacial score (nSPS) is 11.1. The molecule has 0 radical (unpaired) electrons. The van der Waals surface area contributed by atoms with E-state index in [1.165, 1.54) is 5.56 Å². The number of rotatable bonds is 7. The minimum atomic E-state index is 0.416. The maximum atomic E-state index is 6.13. The molecule has 2 aromatic carbocycles. The van der Waals surface area contributed by atoms with Crippen molar-refractivity contribution in [3.8, 4) is 22.2 Å². The highest BCUT2D eigenvalue weighted by molar-refractivity contribution is 7.71. The summed E-state index contributed by atoms with van der Waals surface area (Å²) < 4.78 is 13.7. The highest BCUT2D eigenvalue weighted by Gasteiger charge is 2.12. The molecule has 6 nitrogen and oxygen atoms in total. The molecule has 0 aliphatic carbocycles. The molecule has 1 N–H and O–H groups in total. The van der Waals surface area contributed by atoms with Crippen LogP contribution in [0.2, 0.25) is 0 Å². The van der Waals surface area contributed by atoms with Crippen LogP contribution in [0.4, 0.5) is 0 Å². The molecule has 4 aromatic rings. The fourth-order valence-electron chi connectivity index (χ4n) is 2.99. The largest absolute Gasteiger partial charge is 0.493 e. The van der Waals surface area contributed by atoms with Crippen molar-refractivity contribution in [2.45, 2.75) is 13.5 Å². The molecule has 8 heteroatoms. The van der Waals surface area contributed by atoms with Gasteiger partial charge in [0.1, 0.15) is 6.61 Å². The van der Waals surface area contributed by atoms with E-state index in [0.29, 0.717) is 28.7 Å². The van der Waals surface area contributed by atoms with Gasteiger partial charge in [0.25, 0.3) is 0 Å². The number of nitrogens with one attached hydrogen (secondary N) is 1. The molecule has 0 spiro atoms. The lowest BCUT2D eigenvalue weighted by molar-refractivity contribution is 0.284. The first-order valence-electron chi connectivity index (χ1n) is 9.26. The van der Waals surface area contributed by atoms with E-state index >= 15 is 0 Å². The number of thiophene rings is 1. The lowest BCUT2D eigenvalue weighted by Crippen LogP contribution is -2.02. The lowest BCUT2D eigenvalue weighted by Gasteiger charge is -2.13. The Morgan fingerprint density at radius 3 is 2.83 bits per heavy atom. The van der Waals surface area contributed by atoms with Gasteiger partial charge in [-0.25, -0.2) is 5.10 Å². The van der Waals surface area contributed by atoms with Gasteiger partial charge in [-0.05, 0) is 48.3 Å². The van der Waals surface area contributed by atoms with Crippen LogP contribution in [0, 0.1) is 11.7 Å². The van der Waals surface area contributed by atoms with Crippen molar-refractivity contribution in [2.75, 3.05) is 7.11 Å². The molecule has 0 aliphatic heterocycles. The maximum absolute atomic E-state index is 6.13. The molecule has 2 aromatic heterocycles. The lowest BCUT2D eigenvalue weighted by atomic mass is 10.1. The number of ether oxygens (including phenoxy) is 2. The van der Waals surface area contributed by atoms with Gasteiger partial charge in [0.05, 0.1) is 18.2 Å². The molecule has 0 amide bonds. The maximum Gasteiger partial charge on any atom is 0.216 e. The van der Waals surface area contributed by atoms with Crippen LogP contribution >= 0.6 is 23.6 Å². The van der Waals surface area contributed by atoms with Crippen molar-refractivity contribution in [3.63, 3.8) is 0 Å². The van der Waals surface area contributed by atoms with Gasteiger partial charge in [0, 0.05) is 5.56 Å². The summed E-state index contributed by atoms with van der Waals surface area (Å²) in [5.74, 6) is 1.93. The highest BCUT2D eigenvalue weighted by atomic mass is 32.1. The molecular weight excluding hydrogens is 416 g/mol. The van der Waals surface area contributed by atoms with Gasteiger partial charge in [-0.2, -0.15) is 14.9 Å². The van der Waals surface area contributed by atoms with E-state index in [2.05, 4.69) is 34.4 Å². The molecule has 0 saturated heterocycles. The molecular formula is C22H20N4O2S2. The van der Waals surface area contributed by atoms with Crippen molar-refractivity contribution < 1.29 is 9.47 Å². The Balaban J connectivity index is 1.65. The number of hydrogen-bond donors (Lipinski definition) is 1. The van der Waals surface area contributed by atoms with Gasteiger partial charge < -0.3 is 9.47 Å². The van der Waals surface area contributed by atoms with Crippen LogP contribution in [0.1, 0.15) is 16.7 Å². The molecule has 30 heavy (non-hydrogen) atoms. The van der Waals surface area contributed by atoms with Crippen LogP contribution in [0.3, 0.4) is 0 Å². The standard InChI is InChI=1S/C22H20N4O2S2/c1-15-6-3-7-16(12-15)14-28-20-17(8-4-9-18(20)27-2)13-23-26-21(24-25-22(26)29)19-10-5-11-30-19/h3-13H,14H2,1-2H3,(H,25,29)/b23-13-. The number of H-pyrrole nitrogens is 1. The van der Waals surface area contributed by atoms with Crippen molar-refractivity contribution in [3.05, 3.63) is 81.4 Å². The van der Waals surface area contributed by atoms with Crippen LogP contribution < -0.4 is 9.47 Å². The quantitative estimate of drug-likeness (QED) is 0.309. The first-order valence-corrected chi connectivity index (χ1v) is 10.6. The third-order valence-corrected chi connectivity index (χ3v) is 5.53. The summed E-state index contributed by atoms with van der Waals surface area (Å²) in [7, 11) is 1.62. The van der Waals surface area contributed by atoms with Gasteiger partial charge in [-0.15, -0.1) is 11.3 Å². The van der Waals surface area contributed by atoms with Gasteiger partial charge >= 0.3 is 0 Å². The minimum Gasteiger partial charge on any atom is -0.493 e. The average Bonchev–Trinajstić information content (AvgIpc) is 3.40. The van der Waals surface area contributed by atoms with Gasteiger partial charge in [0.2, 0.25) is 4.77 Å². The molecule has 0 fully saturated rings. The molecule has 2 heterocycles. The van der Waals surface area contributed by atoms with E-state index in [1.54, 1.807) is 29.3 Å². The summed E-state index contributed by atoms with van der Waals surface area (Å²) in [5, 5.41) is 13.6. The second kappa shape index (κ2) is 9.06. The number of methoxy groups -OCH3 is 1. The highest BCUT2D eigenvalue weighted by Crippen LogP contribution is 2.31. The SMILES string of the molecule is COc1cccc(/C=N\n2c(-c3cccs3)n[nH]c2=S)c1OCc1cccc(C)c1. The third kappa shape index (κ3) is 4.34. The summed E-state index contributed by atoms with van der Waals surface area (Å²) in [6.07, 6.45) is 1.70. The summed E-state index contributed by atoms with van der Waals surface area (Å²) in [6, 6.07) is 17.8. The van der Waals surface area contributed by atoms with E-state index < -0.39 is 0 Å². The van der Waals surface area contributed by atoms with E-state index in [9.17, 15) is 0 Å². The zero-order valence-corrected chi connectivity index (χ0v) is 18.2. The van der Waals surface area contributed by atoms with Crippen LogP contribution in [-0.2, 0) is 6.61 Å². The van der Waals surface area contributed by atoms with Crippen LogP contribution in [0.5, 0.6) is 11.5 Å². The molecule has 4 rings (SSSR count). The van der Waals surface area contributed by atoms with Crippen molar-refractivity contribution in [2.24, 2.45) is 5.10 Å². The molecule has 0 unspecified atom stereocenters. The zero-order valence-electron chi connectivity index (χ0n) is 16.5. The monoisotopic (exact) mass is 436 g/mol. The fraction of sp³-hybridized carbons (Fsp3) is 0.136. The minimum absolute atomic E-state index is 0.416. The van der Waals surface area contributed by atoms with Gasteiger partial charge in [-0.1, -0.05) is 42.0 Å². The first-order chi connectivity index (χ1) is 14.7. The number of aromatic amines is 1.